The number of fused-ring (bicyclic) bond motifs is 1. The van der Waals surface area contributed by atoms with Crippen LogP contribution in [0.2, 0.25) is 0 Å². The van der Waals surface area contributed by atoms with Crippen molar-refractivity contribution in [3.8, 4) is 0 Å². The van der Waals surface area contributed by atoms with Gasteiger partial charge in [-0.2, -0.15) is 0 Å². The maximum Gasteiger partial charge on any atom is 0.312 e. The number of nitrogens with two attached hydrogens (primary N) is 2. The number of amides is 3. The minimum Gasteiger partial charge on any atom is -0.398 e. The molecule has 3 amide bonds. The van der Waals surface area contributed by atoms with Crippen molar-refractivity contribution >= 4 is 28.4 Å². The van der Waals surface area contributed by atoms with E-state index in [9.17, 15) is 9.59 Å². The van der Waals surface area contributed by atoms with Crippen molar-refractivity contribution < 1.29 is 9.59 Å². The zero-order valence-corrected chi connectivity index (χ0v) is 10.8. The summed E-state index contributed by atoms with van der Waals surface area (Å²) in [7, 11) is 0. The number of nitrogen functional groups attached to an aromatic ring is 1. The van der Waals surface area contributed by atoms with Crippen LogP contribution in [0.4, 0.5) is 10.5 Å². The molecule has 0 aliphatic heterocycles. The van der Waals surface area contributed by atoms with Crippen LogP contribution < -0.4 is 22.1 Å². The van der Waals surface area contributed by atoms with Crippen LogP contribution in [-0.2, 0) is 0 Å². The smallest absolute Gasteiger partial charge is 0.312 e. The van der Waals surface area contributed by atoms with Crippen molar-refractivity contribution in [3.63, 3.8) is 0 Å². The molecule has 0 bridgehead atoms. The lowest BCUT2D eigenvalue weighted by Gasteiger charge is -2.09. The fourth-order valence-corrected chi connectivity index (χ4v) is 1.91. The molecular formula is C14H16N4O2. The molecule has 6 nitrogen and oxygen atoms in total. The second-order valence-electron chi connectivity index (χ2n) is 4.33. The van der Waals surface area contributed by atoms with Gasteiger partial charge < -0.3 is 22.1 Å². The van der Waals surface area contributed by atoms with Crippen LogP contribution in [0.3, 0.4) is 0 Å². The van der Waals surface area contributed by atoms with Gasteiger partial charge in [-0.1, -0.05) is 24.3 Å². The van der Waals surface area contributed by atoms with E-state index in [1.54, 1.807) is 12.1 Å². The molecule has 2 aromatic rings. The summed E-state index contributed by atoms with van der Waals surface area (Å²) in [4.78, 5) is 22.5. The normalized spacial score (nSPS) is 10.2. The number of nitrogens with one attached hydrogen (secondary N) is 2. The summed E-state index contributed by atoms with van der Waals surface area (Å²) in [5, 5.41) is 6.99. The number of anilines is 1. The third-order valence-electron chi connectivity index (χ3n) is 2.87. The zero-order chi connectivity index (χ0) is 14.5. The Bertz CT molecular complexity index is 655. The maximum atomic E-state index is 12.0. The monoisotopic (exact) mass is 272 g/mol. The SMILES string of the molecule is NC(=O)NCCNC(=O)c1cc2ccccc2cc1N. The minimum absolute atomic E-state index is 0.272. The van der Waals surface area contributed by atoms with E-state index in [1.807, 2.05) is 24.3 Å². The number of hydrogen-bond donors (Lipinski definition) is 4. The van der Waals surface area contributed by atoms with Crippen molar-refractivity contribution in [2.75, 3.05) is 18.8 Å². The summed E-state index contributed by atoms with van der Waals surface area (Å²) in [6, 6.07) is 10.6. The van der Waals surface area contributed by atoms with Crippen molar-refractivity contribution in [3.05, 3.63) is 42.0 Å². The van der Waals surface area contributed by atoms with Crippen LogP contribution >= 0.6 is 0 Å². The molecule has 6 N–H and O–H groups in total. The Morgan fingerprint density at radius 1 is 1.00 bits per heavy atom. The summed E-state index contributed by atoms with van der Waals surface area (Å²) in [5.41, 5.74) is 11.7. The lowest BCUT2D eigenvalue weighted by atomic mass is 10.0. The lowest BCUT2D eigenvalue weighted by molar-refractivity contribution is 0.0955. The molecule has 0 saturated heterocycles. The van der Waals surface area contributed by atoms with E-state index in [4.69, 9.17) is 11.5 Å². The molecule has 20 heavy (non-hydrogen) atoms. The number of rotatable bonds is 4. The highest BCUT2D eigenvalue weighted by Crippen LogP contribution is 2.21. The standard InChI is InChI=1S/C14H16N4O2/c15-12-8-10-4-2-1-3-9(10)7-11(12)13(19)17-5-6-18-14(16)20/h1-4,7-8H,5-6,15H2,(H,17,19)(H3,16,18,20). The van der Waals surface area contributed by atoms with Gasteiger partial charge in [-0.15, -0.1) is 0 Å². The van der Waals surface area contributed by atoms with Crippen LogP contribution in [0.15, 0.2) is 36.4 Å². The maximum absolute atomic E-state index is 12.0. The Labute approximate surface area is 116 Å². The van der Waals surface area contributed by atoms with Gasteiger partial charge in [0.25, 0.3) is 5.91 Å². The number of benzene rings is 2. The van der Waals surface area contributed by atoms with Crippen LogP contribution in [0.1, 0.15) is 10.4 Å². The largest absolute Gasteiger partial charge is 0.398 e. The van der Waals surface area contributed by atoms with Gasteiger partial charge in [-0.3, -0.25) is 4.79 Å². The zero-order valence-electron chi connectivity index (χ0n) is 10.8. The van der Waals surface area contributed by atoms with Crippen molar-refractivity contribution in [2.24, 2.45) is 5.73 Å². The molecule has 0 aliphatic rings. The molecule has 0 spiro atoms. The van der Waals surface area contributed by atoms with E-state index in [-0.39, 0.29) is 19.0 Å². The van der Waals surface area contributed by atoms with Crippen molar-refractivity contribution in [1.29, 1.82) is 0 Å². The molecule has 0 unspecified atom stereocenters. The minimum atomic E-state index is -0.621. The molecule has 0 aliphatic carbocycles. The van der Waals surface area contributed by atoms with Crippen LogP contribution in [0.25, 0.3) is 10.8 Å². The van der Waals surface area contributed by atoms with Gasteiger partial charge in [0.05, 0.1) is 5.56 Å². The highest BCUT2D eigenvalue weighted by atomic mass is 16.2. The highest BCUT2D eigenvalue weighted by Gasteiger charge is 2.10. The fourth-order valence-electron chi connectivity index (χ4n) is 1.91. The van der Waals surface area contributed by atoms with Gasteiger partial charge in [-0.25, -0.2) is 4.79 Å². The molecular weight excluding hydrogens is 256 g/mol. The predicted octanol–water partition coefficient (Wildman–Crippen LogP) is 0.820. The molecule has 2 aromatic carbocycles. The molecule has 104 valence electrons. The third kappa shape index (κ3) is 3.17. The molecule has 0 fully saturated rings. The molecule has 0 heterocycles. The summed E-state index contributed by atoms with van der Waals surface area (Å²) < 4.78 is 0. The Kier molecular flexibility index (Phi) is 4.05. The Morgan fingerprint density at radius 3 is 2.25 bits per heavy atom. The molecule has 0 saturated carbocycles. The Hall–Kier alpha value is -2.76. The first-order valence-electron chi connectivity index (χ1n) is 6.17. The molecule has 6 heteroatoms. The summed E-state index contributed by atoms with van der Waals surface area (Å²) in [6.45, 7) is 0.558. The number of urea groups is 1. The summed E-state index contributed by atoms with van der Waals surface area (Å²) in [6.07, 6.45) is 0. The first-order valence-corrected chi connectivity index (χ1v) is 6.17. The summed E-state index contributed by atoms with van der Waals surface area (Å²) >= 11 is 0. The van der Waals surface area contributed by atoms with Gasteiger partial charge in [-0.05, 0) is 22.9 Å². The van der Waals surface area contributed by atoms with Gasteiger partial charge in [0, 0.05) is 18.8 Å². The van der Waals surface area contributed by atoms with E-state index in [1.165, 1.54) is 0 Å². The van der Waals surface area contributed by atoms with E-state index in [2.05, 4.69) is 10.6 Å². The number of carbonyl (C=O) groups excluding carboxylic acids is 2. The summed E-state index contributed by atoms with van der Waals surface area (Å²) in [5.74, 6) is -0.278. The van der Waals surface area contributed by atoms with E-state index >= 15 is 0 Å². The van der Waals surface area contributed by atoms with E-state index < -0.39 is 6.03 Å². The lowest BCUT2D eigenvalue weighted by Crippen LogP contribution is -2.37. The van der Waals surface area contributed by atoms with Crippen LogP contribution in [-0.4, -0.2) is 25.0 Å². The van der Waals surface area contributed by atoms with Gasteiger partial charge >= 0.3 is 6.03 Å². The predicted molar refractivity (Wildman–Crippen MR) is 78.3 cm³/mol. The molecule has 2 rings (SSSR count). The second kappa shape index (κ2) is 5.92. The second-order valence-corrected chi connectivity index (χ2v) is 4.33. The molecule has 0 aromatic heterocycles. The average Bonchev–Trinajstić information content (AvgIpc) is 2.42. The topological polar surface area (TPSA) is 110 Å². The third-order valence-corrected chi connectivity index (χ3v) is 2.87. The van der Waals surface area contributed by atoms with Crippen LogP contribution in [0.5, 0.6) is 0 Å². The molecule has 0 radical (unpaired) electrons. The van der Waals surface area contributed by atoms with Crippen LogP contribution in [0, 0.1) is 0 Å². The first kappa shape index (κ1) is 13.7. The number of primary amides is 1. The highest BCUT2D eigenvalue weighted by molar-refractivity contribution is 6.03. The first-order chi connectivity index (χ1) is 9.58. The fraction of sp³-hybridized carbons (Fsp3) is 0.143. The van der Waals surface area contributed by atoms with Crippen molar-refractivity contribution in [1.82, 2.24) is 10.6 Å². The quantitative estimate of drug-likeness (QED) is 0.488. The Balaban J connectivity index is 2.09. The van der Waals surface area contributed by atoms with E-state index in [0.717, 1.165) is 10.8 Å². The van der Waals surface area contributed by atoms with E-state index in [0.29, 0.717) is 11.3 Å². The molecule has 0 atom stereocenters. The number of carbonyl (C=O) groups is 2. The average molecular weight is 272 g/mol. The van der Waals surface area contributed by atoms with Gasteiger partial charge in [0.15, 0.2) is 0 Å². The number of hydrogen-bond acceptors (Lipinski definition) is 3. The van der Waals surface area contributed by atoms with Gasteiger partial charge in [0.1, 0.15) is 0 Å². The Morgan fingerprint density at radius 2 is 1.60 bits per heavy atom. The van der Waals surface area contributed by atoms with Crippen molar-refractivity contribution in [2.45, 2.75) is 0 Å². The van der Waals surface area contributed by atoms with Gasteiger partial charge in [0.2, 0.25) is 0 Å².